The molecule has 0 aliphatic carbocycles. The largest absolute Gasteiger partial charge is 0.492 e. The summed E-state index contributed by atoms with van der Waals surface area (Å²) in [6.45, 7) is 4.34. The minimum Gasteiger partial charge on any atom is -0.492 e. The van der Waals surface area contributed by atoms with Gasteiger partial charge in [-0.3, -0.25) is 4.79 Å². The van der Waals surface area contributed by atoms with Crippen LogP contribution in [0.2, 0.25) is 0 Å². The molecule has 0 unspecified atom stereocenters. The summed E-state index contributed by atoms with van der Waals surface area (Å²) in [5.74, 6) is 2.11. The Labute approximate surface area is 116 Å². The van der Waals surface area contributed by atoms with Gasteiger partial charge in [-0.05, 0) is 23.5 Å². The van der Waals surface area contributed by atoms with E-state index in [1.807, 2.05) is 6.07 Å². The lowest BCUT2D eigenvalue weighted by molar-refractivity contribution is 0.0189. The lowest BCUT2D eigenvalue weighted by Gasteiger charge is -2.26. The summed E-state index contributed by atoms with van der Waals surface area (Å²) < 4.78 is 22.2. The molecule has 4 atom stereocenters. The second-order valence-corrected chi connectivity index (χ2v) is 5.67. The van der Waals surface area contributed by atoms with E-state index < -0.39 is 0 Å². The summed E-state index contributed by atoms with van der Waals surface area (Å²) in [7, 11) is 1.55. The summed E-state index contributed by atoms with van der Waals surface area (Å²) in [6, 6.07) is 1.87. The molecule has 3 aliphatic heterocycles. The van der Waals surface area contributed by atoms with E-state index in [1.54, 1.807) is 7.11 Å². The number of Topliss-reactive ketones (excluding diaryl/α,β-unsaturated/α-hetero) is 1. The van der Waals surface area contributed by atoms with Gasteiger partial charge in [0.2, 0.25) is 12.5 Å². The third-order valence-corrected chi connectivity index (χ3v) is 4.74. The lowest BCUT2D eigenvalue weighted by atomic mass is 9.90. The van der Waals surface area contributed by atoms with Gasteiger partial charge in [-0.25, -0.2) is 0 Å². The molecule has 1 aromatic rings. The van der Waals surface area contributed by atoms with E-state index in [0.717, 1.165) is 5.56 Å². The summed E-state index contributed by atoms with van der Waals surface area (Å²) in [5.41, 5.74) is 1.47. The number of hydrogen-bond acceptors (Lipinski definition) is 5. The van der Waals surface area contributed by atoms with Crippen LogP contribution in [0.15, 0.2) is 6.07 Å². The van der Waals surface area contributed by atoms with Crippen molar-refractivity contribution in [3.8, 4) is 17.2 Å². The monoisotopic (exact) mass is 276 g/mol. The van der Waals surface area contributed by atoms with E-state index in [-0.39, 0.29) is 36.6 Å². The molecule has 1 saturated heterocycles. The van der Waals surface area contributed by atoms with Crippen LogP contribution in [-0.2, 0) is 4.74 Å². The highest BCUT2D eigenvalue weighted by Crippen LogP contribution is 2.55. The van der Waals surface area contributed by atoms with Crippen LogP contribution >= 0.6 is 0 Å². The van der Waals surface area contributed by atoms with Crippen molar-refractivity contribution in [2.75, 3.05) is 13.9 Å². The van der Waals surface area contributed by atoms with E-state index in [1.165, 1.54) is 0 Å². The first-order valence-electron chi connectivity index (χ1n) is 6.83. The minimum absolute atomic E-state index is 0.0109. The van der Waals surface area contributed by atoms with E-state index in [0.29, 0.717) is 22.8 Å². The van der Waals surface area contributed by atoms with E-state index in [2.05, 4.69) is 13.8 Å². The van der Waals surface area contributed by atoms with Crippen molar-refractivity contribution in [3.05, 3.63) is 17.2 Å². The second-order valence-electron chi connectivity index (χ2n) is 5.67. The number of carbonyl (C=O) groups excluding carboxylic acids is 1. The molecule has 0 aromatic heterocycles. The molecule has 5 nitrogen and oxygen atoms in total. The standard InChI is InChI=1S/C15H16O5/c1-6-7(2)13-11(16)10-8(12(6)20-13)4-9-14(15(10)17-3)19-5-18-9/h4,6-7,12-13H,5H2,1-3H3/t6-,7+,12-,13+/m1/s1. The Morgan fingerprint density at radius 3 is 2.70 bits per heavy atom. The van der Waals surface area contributed by atoms with Gasteiger partial charge >= 0.3 is 0 Å². The molecule has 0 amide bonds. The van der Waals surface area contributed by atoms with Crippen molar-refractivity contribution in [2.24, 2.45) is 11.8 Å². The van der Waals surface area contributed by atoms with Crippen molar-refractivity contribution in [1.29, 1.82) is 0 Å². The Balaban J connectivity index is 1.99. The van der Waals surface area contributed by atoms with Crippen molar-refractivity contribution in [2.45, 2.75) is 26.1 Å². The van der Waals surface area contributed by atoms with Gasteiger partial charge in [0, 0.05) is 0 Å². The minimum atomic E-state index is -0.378. The van der Waals surface area contributed by atoms with Crippen LogP contribution in [0.4, 0.5) is 0 Å². The third-order valence-electron chi connectivity index (χ3n) is 4.74. The number of rotatable bonds is 1. The summed E-state index contributed by atoms with van der Waals surface area (Å²) >= 11 is 0. The normalized spacial score (nSPS) is 33.2. The molecule has 1 aromatic carbocycles. The predicted octanol–water partition coefficient (Wildman–Crippen LogP) is 2.33. The third kappa shape index (κ3) is 1.28. The molecular formula is C15H16O5. The highest BCUT2D eigenvalue weighted by Gasteiger charge is 2.51. The van der Waals surface area contributed by atoms with Crippen LogP contribution in [0.1, 0.15) is 35.9 Å². The van der Waals surface area contributed by atoms with Gasteiger partial charge in [0.15, 0.2) is 17.3 Å². The fraction of sp³-hybridized carbons (Fsp3) is 0.533. The van der Waals surface area contributed by atoms with Crippen LogP contribution in [-0.4, -0.2) is 25.8 Å². The zero-order chi connectivity index (χ0) is 14.0. The predicted molar refractivity (Wildman–Crippen MR) is 69.4 cm³/mol. The number of fused-ring (bicyclic) bond motifs is 5. The van der Waals surface area contributed by atoms with Crippen LogP contribution in [0.3, 0.4) is 0 Å². The molecule has 0 N–H and O–H groups in total. The van der Waals surface area contributed by atoms with Crippen LogP contribution in [0.25, 0.3) is 0 Å². The topological polar surface area (TPSA) is 54.0 Å². The molecule has 3 heterocycles. The molecule has 20 heavy (non-hydrogen) atoms. The first-order valence-corrected chi connectivity index (χ1v) is 6.83. The van der Waals surface area contributed by atoms with Crippen molar-refractivity contribution in [1.82, 2.24) is 0 Å². The van der Waals surface area contributed by atoms with Gasteiger partial charge in [0.25, 0.3) is 0 Å². The fourth-order valence-electron chi connectivity index (χ4n) is 3.46. The summed E-state index contributed by atoms with van der Waals surface area (Å²) in [6.07, 6.45) is -0.456. The average Bonchev–Trinajstić information content (AvgIpc) is 3.00. The van der Waals surface area contributed by atoms with Crippen molar-refractivity contribution < 1.29 is 23.7 Å². The first kappa shape index (κ1) is 12.0. The maximum atomic E-state index is 12.7. The lowest BCUT2D eigenvalue weighted by Crippen LogP contribution is -2.30. The summed E-state index contributed by atoms with van der Waals surface area (Å²) in [5, 5.41) is 0. The number of carbonyl (C=O) groups is 1. The van der Waals surface area contributed by atoms with Gasteiger partial charge in [-0.15, -0.1) is 0 Å². The summed E-state index contributed by atoms with van der Waals surface area (Å²) in [4.78, 5) is 12.7. The van der Waals surface area contributed by atoms with Gasteiger partial charge in [-0.2, -0.15) is 0 Å². The zero-order valence-electron chi connectivity index (χ0n) is 11.6. The molecule has 2 bridgehead atoms. The number of methoxy groups -OCH3 is 1. The highest BCUT2D eigenvalue weighted by molar-refractivity contribution is 6.06. The average molecular weight is 276 g/mol. The maximum Gasteiger partial charge on any atom is 0.231 e. The smallest absolute Gasteiger partial charge is 0.231 e. The molecular weight excluding hydrogens is 260 g/mol. The Kier molecular flexibility index (Phi) is 2.33. The van der Waals surface area contributed by atoms with Gasteiger partial charge < -0.3 is 18.9 Å². The molecule has 0 radical (unpaired) electrons. The maximum absolute atomic E-state index is 12.7. The van der Waals surface area contributed by atoms with Gasteiger partial charge in [0.1, 0.15) is 6.10 Å². The molecule has 0 spiro atoms. The quantitative estimate of drug-likeness (QED) is 0.788. The fourth-order valence-corrected chi connectivity index (χ4v) is 3.46. The Bertz CT molecular complexity index is 609. The Morgan fingerprint density at radius 1 is 1.20 bits per heavy atom. The van der Waals surface area contributed by atoms with Crippen molar-refractivity contribution in [3.63, 3.8) is 0 Å². The highest BCUT2D eigenvalue weighted by atomic mass is 16.7. The molecule has 106 valence electrons. The molecule has 0 saturated carbocycles. The second kappa shape index (κ2) is 3.88. The number of hydrogen-bond donors (Lipinski definition) is 0. The van der Waals surface area contributed by atoms with Crippen molar-refractivity contribution >= 4 is 5.78 Å². The van der Waals surface area contributed by atoms with E-state index in [4.69, 9.17) is 18.9 Å². The van der Waals surface area contributed by atoms with Gasteiger partial charge in [0.05, 0.1) is 18.8 Å². The SMILES string of the molecule is COc1c2c(cc3c1C(=O)[C@H]1O[C@@H]3[C@H](C)[C@@H]1C)OCO2. The molecule has 1 fully saturated rings. The zero-order valence-corrected chi connectivity index (χ0v) is 11.6. The molecule has 5 heteroatoms. The van der Waals surface area contributed by atoms with Crippen LogP contribution < -0.4 is 14.2 Å². The van der Waals surface area contributed by atoms with Gasteiger partial charge in [-0.1, -0.05) is 13.8 Å². The van der Waals surface area contributed by atoms with E-state index in [9.17, 15) is 4.79 Å². The number of ether oxygens (including phenoxy) is 4. The van der Waals surface area contributed by atoms with E-state index >= 15 is 0 Å². The molecule has 3 aliphatic rings. The van der Waals surface area contributed by atoms with Crippen LogP contribution in [0.5, 0.6) is 17.2 Å². The first-order chi connectivity index (χ1) is 9.63. The Morgan fingerprint density at radius 2 is 1.95 bits per heavy atom. The number of ketones is 1. The number of benzene rings is 1. The van der Waals surface area contributed by atoms with Crippen LogP contribution in [0, 0.1) is 11.8 Å². The Hall–Kier alpha value is -1.75. The molecule has 4 rings (SSSR count).